The Hall–Kier alpha value is -3.49. The van der Waals surface area contributed by atoms with Gasteiger partial charge in [-0.2, -0.15) is 4.31 Å². The SMILES string of the molecule is CC1CCN(S(=O)(=O)c2ccc(NC(=O)c3ccc(NC(=O)c4ccccc4)cc3)cc2)CC1. The summed E-state index contributed by atoms with van der Waals surface area (Å²) in [5, 5.41) is 5.57. The molecule has 0 spiro atoms. The maximum Gasteiger partial charge on any atom is 0.255 e. The highest BCUT2D eigenvalue weighted by molar-refractivity contribution is 7.89. The molecule has 4 rings (SSSR count). The first-order valence-corrected chi connectivity index (χ1v) is 12.6. The Balaban J connectivity index is 1.36. The predicted molar refractivity (Wildman–Crippen MR) is 132 cm³/mol. The second kappa shape index (κ2) is 10.2. The fourth-order valence-electron chi connectivity index (χ4n) is 3.79. The largest absolute Gasteiger partial charge is 0.322 e. The van der Waals surface area contributed by atoms with E-state index in [0.29, 0.717) is 41.5 Å². The first-order valence-electron chi connectivity index (χ1n) is 11.2. The van der Waals surface area contributed by atoms with E-state index in [9.17, 15) is 18.0 Å². The summed E-state index contributed by atoms with van der Waals surface area (Å²) in [4.78, 5) is 25.1. The van der Waals surface area contributed by atoms with Crippen molar-refractivity contribution in [3.8, 4) is 0 Å². The average molecular weight is 478 g/mol. The number of carbonyl (C=O) groups excluding carboxylic acids is 2. The van der Waals surface area contributed by atoms with Crippen molar-refractivity contribution in [1.29, 1.82) is 0 Å². The summed E-state index contributed by atoms with van der Waals surface area (Å²) >= 11 is 0. The van der Waals surface area contributed by atoms with E-state index in [1.165, 1.54) is 16.4 Å². The number of hydrogen-bond donors (Lipinski definition) is 2. The highest BCUT2D eigenvalue weighted by Gasteiger charge is 2.27. The molecule has 3 aromatic carbocycles. The minimum Gasteiger partial charge on any atom is -0.322 e. The van der Waals surface area contributed by atoms with Gasteiger partial charge in [0.1, 0.15) is 0 Å². The summed E-state index contributed by atoms with van der Waals surface area (Å²) in [7, 11) is -3.53. The molecule has 1 aliphatic rings. The third-order valence-electron chi connectivity index (χ3n) is 5.93. The van der Waals surface area contributed by atoms with Gasteiger partial charge in [0.2, 0.25) is 10.0 Å². The zero-order valence-electron chi connectivity index (χ0n) is 18.9. The lowest BCUT2D eigenvalue weighted by Crippen LogP contribution is -2.37. The number of benzene rings is 3. The average Bonchev–Trinajstić information content (AvgIpc) is 2.85. The first kappa shape index (κ1) is 23.7. The van der Waals surface area contributed by atoms with Gasteiger partial charge in [0.15, 0.2) is 0 Å². The molecule has 1 fully saturated rings. The van der Waals surface area contributed by atoms with Crippen LogP contribution in [0.5, 0.6) is 0 Å². The lowest BCUT2D eigenvalue weighted by molar-refractivity contribution is 0.102. The Morgan fingerprint density at radius 1 is 0.735 bits per heavy atom. The minimum atomic E-state index is -3.53. The molecule has 0 radical (unpaired) electrons. The standard InChI is InChI=1S/C26H27N3O4S/c1-19-15-17-29(18-16-19)34(32,33)24-13-11-23(12-14-24)28-26(31)21-7-9-22(10-8-21)27-25(30)20-5-3-2-4-6-20/h2-14,19H,15-18H2,1H3,(H,27,30)(H,28,31). The van der Waals surface area contributed by atoms with Crippen molar-refractivity contribution < 1.29 is 18.0 Å². The summed E-state index contributed by atoms with van der Waals surface area (Å²) in [6.07, 6.45) is 1.73. The van der Waals surface area contributed by atoms with Gasteiger partial charge in [-0.05, 0) is 79.4 Å². The molecule has 1 aliphatic heterocycles. The van der Waals surface area contributed by atoms with E-state index in [2.05, 4.69) is 17.6 Å². The number of sulfonamides is 1. The number of anilines is 2. The molecule has 7 nitrogen and oxygen atoms in total. The first-order chi connectivity index (χ1) is 16.3. The molecule has 2 amide bonds. The molecule has 0 aromatic heterocycles. The van der Waals surface area contributed by atoms with Crippen molar-refractivity contribution in [2.45, 2.75) is 24.7 Å². The second-order valence-electron chi connectivity index (χ2n) is 8.46. The van der Waals surface area contributed by atoms with Crippen LogP contribution in [-0.4, -0.2) is 37.6 Å². The topological polar surface area (TPSA) is 95.6 Å². The number of nitrogens with one attached hydrogen (secondary N) is 2. The third-order valence-corrected chi connectivity index (χ3v) is 7.85. The molecular weight excluding hydrogens is 450 g/mol. The summed E-state index contributed by atoms with van der Waals surface area (Å²) in [6, 6.07) is 21.6. The molecule has 0 atom stereocenters. The molecule has 0 saturated carbocycles. The van der Waals surface area contributed by atoms with Crippen LogP contribution in [0.3, 0.4) is 0 Å². The van der Waals surface area contributed by atoms with Crippen LogP contribution < -0.4 is 10.6 Å². The fraction of sp³-hybridized carbons (Fsp3) is 0.231. The minimum absolute atomic E-state index is 0.221. The second-order valence-corrected chi connectivity index (χ2v) is 10.4. The van der Waals surface area contributed by atoms with Crippen molar-refractivity contribution in [2.24, 2.45) is 5.92 Å². The van der Waals surface area contributed by atoms with Gasteiger partial charge in [-0.1, -0.05) is 25.1 Å². The third kappa shape index (κ3) is 5.52. The Labute approximate surface area is 199 Å². The zero-order chi connectivity index (χ0) is 24.1. The Morgan fingerprint density at radius 2 is 1.21 bits per heavy atom. The van der Waals surface area contributed by atoms with Gasteiger partial charge in [0.05, 0.1) is 4.90 Å². The van der Waals surface area contributed by atoms with E-state index >= 15 is 0 Å². The molecule has 8 heteroatoms. The van der Waals surface area contributed by atoms with Crippen molar-refractivity contribution in [2.75, 3.05) is 23.7 Å². The van der Waals surface area contributed by atoms with E-state index < -0.39 is 10.0 Å². The number of piperidine rings is 1. The number of nitrogens with zero attached hydrogens (tertiary/aromatic N) is 1. The molecule has 1 saturated heterocycles. The molecule has 3 aromatic rings. The van der Waals surface area contributed by atoms with Crippen LogP contribution in [0.2, 0.25) is 0 Å². The van der Waals surface area contributed by atoms with E-state index in [-0.39, 0.29) is 16.7 Å². The lowest BCUT2D eigenvalue weighted by Gasteiger charge is -2.29. The van der Waals surface area contributed by atoms with Gasteiger partial charge >= 0.3 is 0 Å². The summed E-state index contributed by atoms with van der Waals surface area (Å²) in [6.45, 7) is 3.20. The van der Waals surface area contributed by atoms with Crippen LogP contribution in [0.4, 0.5) is 11.4 Å². The lowest BCUT2D eigenvalue weighted by atomic mass is 10.0. The van der Waals surface area contributed by atoms with Crippen molar-refractivity contribution in [1.82, 2.24) is 4.31 Å². The van der Waals surface area contributed by atoms with Crippen LogP contribution in [-0.2, 0) is 10.0 Å². The molecule has 0 bridgehead atoms. The van der Waals surface area contributed by atoms with Crippen molar-refractivity contribution >= 4 is 33.2 Å². The zero-order valence-corrected chi connectivity index (χ0v) is 19.7. The molecular formula is C26H27N3O4S. The van der Waals surface area contributed by atoms with Gasteiger partial charge < -0.3 is 10.6 Å². The van der Waals surface area contributed by atoms with Crippen LogP contribution in [0.15, 0.2) is 83.8 Å². The maximum atomic E-state index is 12.9. The smallest absolute Gasteiger partial charge is 0.255 e. The molecule has 2 N–H and O–H groups in total. The Morgan fingerprint density at radius 3 is 1.74 bits per heavy atom. The number of rotatable bonds is 6. The maximum absolute atomic E-state index is 12.9. The van der Waals surface area contributed by atoms with E-state index in [4.69, 9.17) is 0 Å². The highest BCUT2D eigenvalue weighted by atomic mass is 32.2. The van der Waals surface area contributed by atoms with E-state index in [1.54, 1.807) is 60.7 Å². The highest BCUT2D eigenvalue weighted by Crippen LogP contribution is 2.24. The molecule has 34 heavy (non-hydrogen) atoms. The van der Waals surface area contributed by atoms with Crippen molar-refractivity contribution in [3.63, 3.8) is 0 Å². The molecule has 0 unspecified atom stereocenters. The van der Waals surface area contributed by atoms with Gasteiger partial charge in [-0.3, -0.25) is 9.59 Å². The number of carbonyl (C=O) groups is 2. The summed E-state index contributed by atoms with van der Waals surface area (Å²) < 4.78 is 27.2. The Kier molecular flexibility index (Phi) is 7.09. The van der Waals surface area contributed by atoms with Crippen molar-refractivity contribution in [3.05, 3.63) is 90.0 Å². The van der Waals surface area contributed by atoms with Gasteiger partial charge in [0, 0.05) is 35.6 Å². The van der Waals surface area contributed by atoms with Gasteiger partial charge in [-0.15, -0.1) is 0 Å². The normalized spacial score (nSPS) is 15.0. The molecule has 1 heterocycles. The monoisotopic (exact) mass is 477 g/mol. The quantitative estimate of drug-likeness (QED) is 0.542. The summed E-state index contributed by atoms with van der Waals surface area (Å²) in [5.74, 6) is -0.0216. The summed E-state index contributed by atoms with van der Waals surface area (Å²) in [5.41, 5.74) is 2.03. The van der Waals surface area contributed by atoms with Crippen LogP contribution >= 0.6 is 0 Å². The number of amides is 2. The molecule has 0 aliphatic carbocycles. The van der Waals surface area contributed by atoms with Crippen LogP contribution in [0.1, 0.15) is 40.5 Å². The van der Waals surface area contributed by atoms with E-state index in [1.807, 2.05) is 6.07 Å². The van der Waals surface area contributed by atoms with Gasteiger partial charge in [0.25, 0.3) is 11.8 Å². The Bertz CT molecular complexity index is 1250. The van der Waals surface area contributed by atoms with Crippen LogP contribution in [0.25, 0.3) is 0 Å². The fourth-order valence-corrected chi connectivity index (χ4v) is 5.26. The number of hydrogen-bond acceptors (Lipinski definition) is 4. The van der Waals surface area contributed by atoms with Crippen LogP contribution in [0, 0.1) is 5.92 Å². The molecule has 176 valence electrons. The van der Waals surface area contributed by atoms with E-state index in [0.717, 1.165) is 12.8 Å². The predicted octanol–water partition coefficient (Wildman–Crippen LogP) is 4.61. The van der Waals surface area contributed by atoms with Gasteiger partial charge in [-0.25, -0.2) is 8.42 Å².